The van der Waals surface area contributed by atoms with Gasteiger partial charge < -0.3 is 9.47 Å². The summed E-state index contributed by atoms with van der Waals surface area (Å²) in [5.41, 5.74) is 1.23. The van der Waals surface area contributed by atoms with Gasteiger partial charge >= 0.3 is 0 Å². The van der Waals surface area contributed by atoms with Crippen molar-refractivity contribution in [3.63, 3.8) is 0 Å². The van der Waals surface area contributed by atoms with Crippen LogP contribution in [-0.4, -0.2) is 32.1 Å². The second-order valence-electron chi connectivity index (χ2n) is 6.77. The monoisotopic (exact) mass is 322 g/mol. The van der Waals surface area contributed by atoms with Gasteiger partial charge in [-0.1, -0.05) is 42.5 Å². The fraction of sp³-hybridized carbons (Fsp3) is 0.421. The maximum Gasteiger partial charge on any atom is 0.226 e. The third-order valence-corrected chi connectivity index (χ3v) is 4.97. The molecule has 0 spiro atoms. The molecule has 2 aliphatic rings. The van der Waals surface area contributed by atoms with E-state index in [4.69, 9.17) is 0 Å². The van der Waals surface area contributed by atoms with Gasteiger partial charge in [-0.25, -0.2) is 0 Å². The average molecular weight is 322 g/mol. The Morgan fingerprint density at radius 3 is 2.67 bits per heavy atom. The van der Waals surface area contributed by atoms with Crippen LogP contribution in [0.3, 0.4) is 0 Å². The van der Waals surface area contributed by atoms with Gasteiger partial charge in [0.2, 0.25) is 5.91 Å². The van der Waals surface area contributed by atoms with E-state index in [2.05, 4.69) is 46.0 Å². The minimum absolute atomic E-state index is 0.121. The van der Waals surface area contributed by atoms with E-state index in [0.29, 0.717) is 6.54 Å². The molecule has 2 aromatic rings. The average Bonchev–Trinajstić information content (AvgIpc) is 3.25. The summed E-state index contributed by atoms with van der Waals surface area (Å²) in [5, 5.41) is 8.76. The molecule has 1 atom stereocenters. The summed E-state index contributed by atoms with van der Waals surface area (Å²) in [4.78, 5) is 14.6. The van der Waals surface area contributed by atoms with Crippen molar-refractivity contribution >= 4 is 5.91 Å². The molecule has 5 nitrogen and oxygen atoms in total. The van der Waals surface area contributed by atoms with Crippen molar-refractivity contribution in [2.45, 2.75) is 38.8 Å². The van der Waals surface area contributed by atoms with E-state index >= 15 is 0 Å². The van der Waals surface area contributed by atoms with Gasteiger partial charge in [0.25, 0.3) is 0 Å². The van der Waals surface area contributed by atoms with Crippen LogP contribution in [0.1, 0.15) is 43.0 Å². The Balaban J connectivity index is 1.53. The first-order valence-electron chi connectivity index (χ1n) is 8.62. The topological polar surface area (TPSA) is 51.0 Å². The van der Waals surface area contributed by atoms with E-state index < -0.39 is 0 Å². The third kappa shape index (κ3) is 2.75. The van der Waals surface area contributed by atoms with Crippen LogP contribution in [0.25, 0.3) is 0 Å². The molecule has 0 radical (unpaired) electrons. The molecule has 0 N–H and O–H groups in total. The van der Waals surface area contributed by atoms with Crippen LogP contribution in [-0.2, 0) is 17.8 Å². The molecule has 0 saturated heterocycles. The zero-order chi connectivity index (χ0) is 16.5. The van der Waals surface area contributed by atoms with Crippen molar-refractivity contribution < 1.29 is 4.79 Å². The van der Waals surface area contributed by atoms with E-state index in [1.54, 1.807) is 0 Å². The first-order valence-corrected chi connectivity index (χ1v) is 8.62. The quantitative estimate of drug-likeness (QED) is 0.817. The third-order valence-electron chi connectivity index (χ3n) is 4.97. The lowest BCUT2D eigenvalue weighted by Gasteiger charge is -2.34. The molecule has 1 amide bonds. The number of allylic oxidation sites excluding steroid dienone is 2. The highest BCUT2D eigenvalue weighted by Gasteiger charge is 2.32. The fourth-order valence-electron chi connectivity index (χ4n) is 3.76. The van der Waals surface area contributed by atoms with Crippen molar-refractivity contribution in [1.29, 1.82) is 0 Å². The molecule has 1 aliphatic heterocycles. The normalized spacial score (nSPS) is 20.4. The molecule has 0 bridgehead atoms. The summed E-state index contributed by atoms with van der Waals surface area (Å²) in [6, 6.07) is 10.5. The Hall–Kier alpha value is -2.43. The van der Waals surface area contributed by atoms with Gasteiger partial charge in [0.15, 0.2) is 5.82 Å². The summed E-state index contributed by atoms with van der Waals surface area (Å²) in [6.45, 7) is 3.46. The second kappa shape index (κ2) is 6.23. The molecular formula is C19H22N4O. The highest BCUT2D eigenvalue weighted by Crippen LogP contribution is 2.27. The number of rotatable bonds is 3. The standard InChI is InChI=1S/C19H22N4O/c1-14-12-22(19(24)16-9-5-6-10-16)13-18-21-20-17(23(14)18)11-15-7-3-2-4-8-15/h2-8,14,16H,9-13H2,1H3/t14-/m0/s1. The predicted molar refractivity (Wildman–Crippen MR) is 91.3 cm³/mol. The van der Waals surface area contributed by atoms with E-state index in [0.717, 1.165) is 37.5 Å². The molecule has 5 heteroatoms. The number of carbonyl (C=O) groups is 1. The van der Waals surface area contributed by atoms with Gasteiger partial charge in [0.05, 0.1) is 12.6 Å². The van der Waals surface area contributed by atoms with Crippen molar-refractivity contribution in [2.24, 2.45) is 5.92 Å². The first-order chi connectivity index (χ1) is 11.7. The summed E-state index contributed by atoms with van der Waals surface area (Å²) >= 11 is 0. The van der Waals surface area contributed by atoms with Crippen molar-refractivity contribution in [3.8, 4) is 0 Å². The molecule has 4 rings (SSSR count). The summed E-state index contributed by atoms with van der Waals surface area (Å²) < 4.78 is 2.21. The van der Waals surface area contributed by atoms with Gasteiger partial charge in [-0.15, -0.1) is 10.2 Å². The minimum atomic E-state index is 0.121. The molecule has 1 aromatic heterocycles. The summed E-state index contributed by atoms with van der Waals surface area (Å²) in [5.74, 6) is 2.26. The molecule has 0 fully saturated rings. The van der Waals surface area contributed by atoms with Crippen LogP contribution in [0, 0.1) is 5.92 Å². The van der Waals surface area contributed by atoms with E-state index in [1.165, 1.54) is 5.56 Å². The SMILES string of the molecule is C[C@H]1CN(C(=O)C2CC=CC2)Cc2nnc(Cc3ccccc3)n21. The van der Waals surface area contributed by atoms with Crippen molar-refractivity contribution in [1.82, 2.24) is 19.7 Å². The molecule has 124 valence electrons. The Kier molecular flexibility index (Phi) is 3.92. The Labute approximate surface area is 142 Å². The predicted octanol–water partition coefficient (Wildman–Crippen LogP) is 2.74. The smallest absolute Gasteiger partial charge is 0.226 e. The Morgan fingerprint density at radius 2 is 1.92 bits per heavy atom. The molecule has 0 saturated carbocycles. The Morgan fingerprint density at radius 1 is 1.17 bits per heavy atom. The zero-order valence-electron chi connectivity index (χ0n) is 13.9. The molecule has 0 unspecified atom stereocenters. The number of nitrogens with zero attached hydrogens (tertiary/aromatic N) is 4. The number of amides is 1. The number of hydrogen-bond donors (Lipinski definition) is 0. The summed E-state index contributed by atoms with van der Waals surface area (Å²) in [6.07, 6.45) is 6.73. The lowest BCUT2D eigenvalue weighted by Crippen LogP contribution is -2.43. The van der Waals surface area contributed by atoms with Crippen LogP contribution >= 0.6 is 0 Å². The molecule has 2 heterocycles. The maximum absolute atomic E-state index is 12.7. The van der Waals surface area contributed by atoms with Gasteiger partial charge in [0.1, 0.15) is 5.82 Å². The number of benzene rings is 1. The first kappa shape index (κ1) is 15.1. The second-order valence-corrected chi connectivity index (χ2v) is 6.77. The lowest BCUT2D eigenvalue weighted by atomic mass is 10.0. The van der Waals surface area contributed by atoms with Crippen LogP contribution in [0.5, 0.6) is 0 Å². The van der Waals surface area contributed by atoms with Crippen LogP contribution in [0.4, 0.5) is 0 Å². The van der Waals surface area contributed by atoms with Gasteiger partial charge in [0, 0.05) is 18.9 Å². The lowest BCUT2D eigenvalue weighted by molar-refractivity contribution is -0.137. The largest absolute Gasteiger partial charge is 0.333 e. The van der Waals surface area contributed by atoms with E-state index in [9.17, 15) is 4.79 Å². The molecule has 1 aliphatic carbocycles. The minimum Gasteiger partial charge on any atom is -0.333 e. The van der Waals surface area contributed by atoms with E-state index in [-0.39, 0.29) is 17.9 Å². The van der Waals surface area contributed by atoms with Crippen LogP contribution in [0.2, 0.25) is 0 Å². The van der Waals surface area contributed by atoms with Crippen LogP contribution in [0.15, 0.2) is 42.5 Å². The molecular weight excluding hydrogens is 300 g/mol. The number of hydrogen-bond acceptors (Lipinski definition) is 3. The van der Waals surface area contributed by atoms with Crippen LogP contribution < -0.4 is 0 Å². The van der Waals surface area contributed by atoms with Gasteiger partial charge in [-0.05, 0) is 25.3 Å². The van der Waals surface area contributed by atoms with Gasteiger partial charge in [-0.2, -0.15) is 0 Å². The highest BCUT2D eigenvalue weighted by molar-refractivity contribution is 5.79. The summed E-state index contributed by atoms with van der Waals surface area (Å²) in [7, 11) is 0. The number of aromatic nitrogens is 3. The Bertz CT molecular complexity index is 757. The fourth-order valence-corrected chi connectivity index (χ4v) is 3.76. The van der Waals surface area contributed by atoms with Crippen molar-refractivity contribution in [3.05, 3.63) is 59.7 Å². The number of fused-ring (bicyclic) bond motifs is 1. The number of carbonyl (C=O) groups excluding carboxylic acids is 1. The van der Waals surface area contributed by atoms with Gasteiger partial charge in [-0.3, -0.25) is 4.79 Å². The zero-order valence-corrected chi connectivity index (χ0v) is 13.9. The molecule has 1 aromatic carbocycles. The highest BCUT2D eigenvalue weighted by atomic mass is 16.2. The van der Waals surface area contributed by atoms with E-state index in [1.807, 2.05) is 23.1 Å². The maximum atomic E-state index is 12.7. The van der Waals surface area contributed by atoms with Crippen molar-refractivity contribution in [2.75, 3.05) is 6.54 Å². The molecule has 24 heavy (non-hydrogen) atoms.